The molecule has 134 valence electrons. The minimum Gasteiger partial charge on any atom is -0.354 e. The molecule has 4 nitrogen and oxygen atoms in total. The Hall–Kier alpha value is -3.16. The fourth-order valence-electron chi connectivity index (χ4n) is 2.24. The van der Waals surface area contributed by atoms with E-state index in [9.17, 15) is 17.6 Å². The van der Waals surface area contributed by atoms with Gasteiger partial charge in [0.05, 0.1) is 5.69 Å². The van der Waals surface area contributed by atoms with Gasteiger partial charge in [-0.15, -0.1) is 0 Å². The fourth-order valence-corrected chi connectivity index (χ4v) is 2.24. The van der Waals surface area contributed by atoms with Gasteiger partial charge >= 0.3 is 0 Å². The first-order chi connectivity index (χ1) is 12.5. The summed E-state index contributed by atoms with van der Waals surface area (Å²) in [6, 6.07) is 9.50. The van der Waals surface area contributed by atoms with Gasteiger partial charge in [-0.1, -0.05) is 12.1 Å². The van der Waals surface area contributed by atoms with E-state index in [1.807, 2.05) is 0 Å². The molecule has 0 aliphatic carbocycles. The molecule has 0 fully saturated rings. The highest BCUT2D eigenvalue weighted by atomic mass is 19.2. The summed E-state index contributed by atoms with van der Waals surface area (Å²) in [5.41, 5.74) is 0.705. The Morgan fingerprint density at radius 3 is 2.38 bits per heavy atom. The minimum atomic E-state index is -1.55. The largest absolute Gasteiger partial charge is 0.354 e. The lowest BCUT2D eigenvalue weighted by atomic mass is 10.1. The maximum absolute atomic E-state index is 13.7. The van der Waals surface area contributed by atoms with Crippen molar-refractivity contribution in [3.63, 3.8) is 0 Å². The van der Waals surface area contributed by atoms with Crippen molar-refractivity contribution in [2.45, 2.75) is 6.42 Å². The van der Waals surface area contributed by atoms with Gasteiger partial charge in [0.25, 0.3) is 0 Å². The number of rotatable bonds is 6. The van der Waals surface area contributed by atoms with Crippen molar-refractivity contribution >= 4 is 17.5 Å². The van der Waals surface area contributed by atoms with E-state index in [-0.39, 0.29) is 23.3 Å². The number of aromatic nitrogens is 2. The van der Waals surface area contributed by atoms with E-state index >= 15 is 0 Å². The van der Waals surface area contributed by atoms with Crippen LogP contribution in [0.1, 0.15) is 5.56 Å². The molecule has 0 spiro atoms. The summed E-state index contributed by atoms with van der Waals surface area (Å²) in [6.07, 6.45) is 2.06. The van der Waals surface area contributed by atoms with Crippen LogP contribution in [0.2, 0.25) is 0 Å². The van der Waals surface area contributed by atoms with Gasteiger partial charge in [0.1, 0.15) is 11.6 Å². The predicted octanol–water partition coefficient (Wildman–Crippen LogP) is 4.43. The molecular formula is C18H14F4N4. The normalized spacial score (nSPS) is 10.6. The van der Waals surface area contributed by atoms with Crippen LogP contribution in [0.25, 0.3) is 0 Å². The van der Waals surface area contributed by atoms with Crippen molar-refractivity contribution in [2.24, 2.45) is 0 Å². The monoisotopic (exact) mass is 362 g/mol. The van der Waals surface area contributed by atoms with Crippen LogP contribution in [0.3, 0.4) is 0 Å². The van der Waals surface area contributed by atoms with E-state index in [0.29, 0.717) is 13.0 Å². The summed E-state index contributed by atoms with van der Waals surface area (Å²) >= 11 is 0. The van der Waals surface area contributed by atoms with Crippen LogP contribution >= 0.6 is 0 Å². The molecule has 0 radical (unpaired) electrons. The van der Waals surface area contributed by atoms with E-state index in [2.05, 4.69) is 20.6 Å². The van der Waals surface area contributed by atoms with Crippen molar-refractivity contribution in [3.05, 3.63) is 77.5 Å². The molecule has 0 atom stereocenters. The zero-order chi connectivity index (χ0) is 18.5. The zero-order valence-electron chi connectivity index (χ0n) is 13.4. The minimum absolute atomic E-state index is 0.217. The maximum Gasteiger partial charge on any atom is 0.224 e. The Morgan fingerprint density at radius 1 is 0.846 bits per heavy atom. The average molecular weight is 362 g/mol. The van der Waals surface area contributed by atoms with Crippen LogP contribution in [0.5, 0.6) is 0 Å². The van der Waals surface area contributed by atoms with Crippen LogP contribution in [0.15, 0.2) is 48.7 Å². The molecule has 2 aromatic carbocycles. The number of hydrogen-bond acceptors (Lipinski definition) is 4. The quantitative estimate of drug-likeness (QED) is 0.503. The van der Waals surface area contributed by atoms with Gasteiger partial charge in [-0.2, -0.15) is 4.98 Å². The number of halogens is 4. The lowest BCUT2D eigenvalue weighted by Gasteiger charge is -2.09. The highest BCUT2D eigenvalue weighted by Gasteiger charge is 2.13. The first-order valence-corrected chi connectivity index (χ1v) is 7.75. The summed E-state index contributed by atoms with van der Waals surface area (Å²) in [4.78, 5) is 8.16. The van der Waals surface area contributed by atoms with Crippen molar-refractivity contribution in [3.8, 4) is 0 Å². The summed E-state index contributed by atoms with van der Waals surface area (Å²) < 4.78 is 52.8. The SMILES string of the molecule is Fc1ccc(CCNc2nccc(Nc3ccc(F)c(F)c3F)n2)cc1. The van der Waals surface area contributed by atoms with Crippen LogP contribution in [0.4, 0.5) is 35.0 Å². The molecule has 2 N–H and O–H groups in total. The van der Waals surface area contributed by atoms with Crippen molar-refractivity contribution < 1.29 is 17.6 Å². The van der Waals surface area contributed by atoms with Gasteiger partial charge in [0.2, 0.25) is 5.95 Å². The molecule has 0 unspecified atom stereocenters. The molecule has 26 heavy (non-hydrogen) atoms. The highest BCUT2D eigenvalue weighted by Crippen LogP contribution is 2.22. The van der Waals surface area contributed by atoms with Crippen molar-refractivity contribution in [2.75, 3.05) is 17.2 Å². The smallest absolute Gasteiger partial charge is 0.224 e. The Kier molecular flexibility index (Phi) is 5.31. The van der Waals surface area contributed by atoms with E-state index in [1.165, 1.54) is 24.4 Å². The van der Waals surface area contributed by atoms with Crippen molar-refractivity contribution in [1.82, 2.24) is 9.97 Å². The molecule has 3 aromatic rings. The van der Waals surface area contributed by atoms with Gasteiger partial charge in [-0.25, -0.2) is 22.5 Å². The second-order valence-corrected chi connectivity index (χ2v) is 5.42. The predicted molar refractivity (Wildman–Crippen MR) is 90.2 cm³/mol. The fraction of sp³-hybridized carbons (Fsp3) is 0.111. The zero-order valence-corrected chi connectivity index (χ0v) is 13.4. The standard InChI is InChI=1S/C18H14F4N4/c19-12-3-1-11(2-4-12)7-9-23-18-24-10-8-15(26-18)25-14-6-5-13(20)16(21)17(14)22/h1-6,8,10H,7,9H2,(H2,23,24,25,26). The van der Waals surface area contributed by atoms with Crippen LogP contribution in [0, 0.1) is 23.3 Å². The Morgan fingerprint density at radius 2 is 1.62 bits per heavy atom. The first kappa shape index (κ1) is 17.7. The second kappa shape index (κ2) is 7.81. The lowest BCUT2D eigenvalue weighted by Crippen LogP contribution is -2.09. The molecule has 1 heterocycles. The third kappa shape index (κ3) is 4.27. The average Bonchev–Trinajstić information content (AvgIpc) is 2.64. The summed E-state index contributed by atoms with van der Waals surface area (Å²) in [7, 11) is 0. The molecule has 0 bridgehead atoms. The van der Waals surface area contributed by atoms with E-state index in [4.69, 9.17) is 0 Å². The van der Waals surface area contributed by atoms with Gasteiger partial charge in [-0.05, 0) is 42.3 Å². The Balaban J connectivity index is 1.63. The van der Waals surface area contributed by atoms with Crippen LogP contribution in [-0.2, 0) is 6.42 Å². The maximum atomic E-state index is 13.7. The third-order valence-electron chi connectivity index (χ3n) is 3.56. The van der Waals surface area contributed by atoms with Gasteiger partial charge < -0.3 is 10.6 Å². The lowest BCUT2D eigenvalue weighted by molar-refractivity contribution is 0.449. The molecule has 8 heteroatoms. The summed E-state index contributed by atoms with van der Waals surface area (Å²) in [6.45, 7) is 0.495. The van der Waals surface area contributed by atoms with Crippen molar-refractivity contribution in [1.29, 1.82) is 0 Å². The van der Waals surface area contributed by atoms with E-state index < -0.39 is 17.5 Å². The first-order valence-electron chi connectivity index (χ1n) is 7.75. The van der Waals surface area contributed by atoms with Gasteiger partial charge in [0, 0.05) is 12.7 Å². The Labute approximate surface area is 146 Å². The number of nitrogens with zero attached hydrogens (tertiary/aromatic N) is 2. The number of hydrogen-bond donors (Lipinski definition) is 2. The van der Waals surface area contributed by atoms with Gasteiger partial charge in [0.15, 0.2) is 17.5 Å². The third-order valence-corrected chi connectivity index (χ3v) is 3.56. The molecule has 3 rings (SSSR count). The molecule has 0 saturated heterocycles. The molecular weight excluding hydrogens is 348 g/mol. The van der Waals surface area contributed by atoms with E-state index in [1.54, 1.807) is 12.1 Å². The molecule has 0 aliphatic rings. The Bertz CT molecular complexity index is 900. The van der Waals surface area contributed by atoms with Gasteiger partial charge in [-0.3, -0.25) is 0 Å². The van der Waals surface area contributed by atoms with Crippen LogP contribution in [-0.4, -0.2) is 16.5 Å². The van der Waals surface area contributed by atoms with Crippen LogP contribution < -0.4 is 10.6 Å². The summed E-state index contributed by atoms with van der Waals surface area (Å²) in [5.74, 6) is -3.95. The molecule has 1 aromatic heterocycles. The topological polar surface area (TPSA) is 49.8 Å². The second-order valence-electron chi connectivity index (χ2n) is 5.42. The van der Waals surface area contributed by atoms with E-state index in [0.717, 1.165) is 17.7 Å². The number of nitrogens with one attached hydrogen (secondary N) is 2. The molecule has 0 amide bonds. The highest BCUT2D eigenvalue weighted by molar-refractivity contribution is 5.57. The number of anilines is 3. The number of benzene rings is 2. The molecule has 0 aliphatic heterocycles. The summed E-state index contributed by atoms with van der Waals surface area (Å²) in [5, 5.41) is 5.57. The molecule has 0 saturated carbocycles.